The number of halogens is 3. The normalized spacial score (nSPS) is 12.6. The third-order valence-corrected chi connectivity index (χ3v) is 5.56. The van der Waals surface area contributed by atoms with Gasteiger partial charge in [0.05, 0.1) is 16.0 Å². The molecule has 0 bridgehead atoms. The summed E-state index contributed by atoms with van der Waals surface area (Å²) in [6, 6.07) is 14.1. The van der Waals surface area contributed by atoms with Crippen LogP contribution in [0.2, 0.25) is 0 Å². The van der Waals surface area contributed by atoms with Crippen molar-refractivity contribution < 1.29 is 26.0 Å². The Morgan fingerprint density at radius 1 is 0.926 bits per heavy atom. The lowest BCUT2D eigenvalue weighted by Crippen LogP contribution is -2.11. The molecule has 138 valence electrons. The molecule has 0 unspecified atom stereocenters. The van der Waals surface area contributed by atoms with Crippen LogP contribution in [-0.2, 0) is 16.2 Å². The van der Waals surface area contributed by atoms with Gasteiger partial charge < -0.3 is 4.42 Å². The largest absolute Gasteiger partial charge is 0.470 e. The number of rotatable bonds is 3. The van der Waals surface area contributed by atoms with Crippen LogP contribution >= 0.6 is 0 Å². The van der Waals surface area contributed by atoms with Crippen LogP contribution in [0.25, 0.3) is 22.4 Å². The van der Waals surface area contributed by atoms with Gasteiger partial charge >= 0.3 is 12.1 Å². The van der Waals surface area contributed by atoms with E-state index in [0.29, 0.717) is 5.39 Å². The van der Waals surface area contributed by atoms with Gasteiger partial charge in [0, 0.05) is 11.6 Å². The van der Waals surface area contributed by atoms with Crippen LogP contribution in [-0.4, -0.2) is 22.6 Å². The minimum Gasteiger partial charge on any atom is -0.413 e. The SMILES string of the molecule is O=S(=O)(c1ccccc1)n1cc(-c2nnc(C(F)(F)F)o2)c2ccccc21. The molecule has 0 N–H and O–H groups in total. The minimum atomic E-state index is -4.79. The molecule has 4 rings (SSSR count). The molecule has 0 aliphatic heterocycles. The monoisotopic (exact) mass is 393 g/mol. The Balaban J connectivity index is 1.94. The molecule has 6 nitrogen and oxygen atoms in total. The highest BCUT2D eigenvalue weighted by atomic mass is 32.2. The smallest absolute Gasteiger partial charge is 0.413 e. The molecule has 2 aromatic carbocycles. The number of alkyl halides is 3. The predicted molar refractivity (Wildman–Crippen MR) is 89.3 cm³/mol. The second-order valence-electron chi connectivity index (χ2n) is 5.58. The van der Waals surface area contributed by atoms with Crippen molar-refractivity contribution in [3.05, 3.63) is 66.7 Å². The molecule has 0 fully saturated rings. The van der Waals surface area contributed by atoms with E-state index in [-0.39, 0.29) is 16.0 Å². The molecular weight excluding hydrogens is 383 g/mol. The van der Waals surface area contributed by atoms with E-state index in [2.05, 4.69) is 10.2 Å². The van der Waals surface area contributed by atoms with E-state index in [1.165, 1.54) is 18.3 Å². The molecule has 2 aromatic heterocycles. The van der Waals surface area contributed by atoms with E-state index in [4.69, 9.17) is 4.42 Å². The van der Waals surface area contributed by atoms with Crippen LogP contribution in [0.3, 0.4) is 0 Å². The number of hydrogen-bond acceptors (Lipinski definition) is 5. The molecule has 0 atom stereocenters. The van der Waals surface area contributed by atoms with Gasteiger partial charge in [0.25, 0.3) is 10.0 Å². The number of benzene rings is 2. The zero-order valence-electron chi connectivity index (χ0n) is 13.4. The highest BCUT2D eigenvalue weighted by Crippen LogP contribution is 2.35. The van der Waals surface area contributed by atoms with Gasteiger partial charge in [-0.25, -0.2) is 12.4 Å². The Morgan fingerprint density at radius 2 is 1.59 bits per heavy atom. The molecule has 10 heteroatoms. The highest BCUT2D eigenvalue weighted by Gasteiger charge is 2.38. The van der Waals surface area contributed by atoms with Gasteiger partial charge in [0.15, 0.2) is 0 Å². The molecular formula is C17H10F3N3O3S. The summed E-state index contributed by atoms with van der Waals surface area (Å²) in [4.78, 5) is 0.0406. The first-order valence-electron chi connectivity index (χ1n) is 7.60. The molecule has 4 aromatic rings. The Hall–Kier alpha value is -3.14. The van der Waals surface area contributed by atoms with Crippen molar-refractivity contribution in [3.63, 3.8) is 0 Å². The number of aromatic nitrogens is 3. The first-order chi connectivity index (χ1) is 12.8. The molecule has 0 amide bonds. The highest BCUT2D eigenvalue weighted by molar-refractivity contribution is 7.90. The molecule has 0 aliphatic rings. The first-order valence-corrected chi connectivity index (χ1v) is 9.04. The lowest BCUT2D eigenvalue weighted by atomic mass is 10.2. The molecule has 0 saturated heterocycles. The topological polar surface area (TPSA) is 78.0 Å². The van der Waals surface area contributed by atoms with Gasteiger partial charge in [-0.2, -0.15) is 13.2 Å². The van der Waals surface area contributed by atoms with Gasteiger partial charge in [0.2, 0.25) is 5.89 Å². The second-order valence-corrected chi connectivity index (χ2v) is 7.40. The summed E-state index contributed by atoms with van der Waals surface area (Å²) in [7, 11) is -3.97. The Bertz CT molecular complexity index is 1230. The standard InChI is InChI=1S/C17H10F3N3O3S/c18-17(19,20)16-22-21-15(26-16)13-10-23(14-9-5-4-8-12(13)14)27(24,25)11-6-2-1-3-7-11/h1-10H. The maximum absolute atomic E-state index is 13.0. The zero-order chi connectivity index (χ0) is 19.2. The van der Waals surface area contributed by atoms with Gasteiger partial charge in [-0.1, -0.05) is 36.4 Å². The van der Waals surface area contributed by atoms with Crippen molar-refractivity contribution in [1.82, 2.24) is 14.2 Å². The van der Waals surface area contributed by atoms with Gasteiger partial charge in [-0.3, -0.25) is 0 Å². The summed E-state index contributed by atoms with van der Waals surface area (Å²) >= 11 is 0. The molecule has 2 heterocycles. The van der Waals surface area contributed by atoms with E-state index in [1.54, 1.807) is 42.5 Å². The Labute approximate surface area is 150 Å². The molecule has 0 saturated carbocycles. The Morgan fingerprint density at radius 3 is 2.26 bits per heavy atom. The van der Waals surface area contributed by atoms with Crippen LogP contribution in [0.15, 0.2) is 70.1 Å². The number of para-hydroxylation sites is 1. The lowest BCUT2D eigenvalue weighted by molar-refractivity contribution is -0.156. The molecule has 0 aliphatic carbocycles. The van der Waals surface area contributed by atoms with Crippen LogP contribution < -0.4 is 0 Å². The maximum atomic E-state index is 13.0. The summed E-state index contributed by atoms with van der Waals surface area (Å²) in [6.45, 7) is 0. The van der Waals surface area contributed by atoms with Gasteiger partial charge in [0.1, 0.15) is 0 Å². The first kappa shape index (κ1) is 17.3. The summed E-state index contributed by atoms with van der Waals surface area (Å²) in [6.07, 6.45) is -3.61. The summed E-state index contributed by atoms with van der Waals surface area (Å²) in [5, 5.41) is 6.80. The van der Waals surface area contributed by atoms with E-state index in [9.17, 15) is 21.6 Å². The van der Waals surface area contributed by atoms with E-state index in [1.807, 2.05) is 0 Å². The fourth-order valence-electron chi connectivity index (χ4n) is 2.67. The fraction of sp³-hybridized carbons (Fsp3) is 0.0588. The average molecular weight is 393 g/mol. The Kier molecular flexibility index (Phi) is 3.81. The fourth-order valence-corrected chi connectivity index (χ4v) is 4.06. The number of hydrogen-bond donors (Lipinski definition) is 0. The van der Waals surface area contributed by atoms with Crippen LogP contribution in [0.1, 0.15) is 5.89 Å². The van der Waals surface area contributed by atoms with Gasteiger partial charge in [-0.05, 0) is 18.2 Å². The van der Waals surface area contributed by atoms with Crippen LogP contribution in [0.4, 0.5) is 13.2 Å². The molecule has 0 spiro atoms. The van der Waals surface area contributed by atoms with Crippen molar-refractivity contribution in [2.75, 3.05) is 0 Å². The van der Waals surface area contributed by atoms with Crippen molar-refractivity contribution in [2.24, 2.45) is 0 Å². The maximum Gasteiger partial charge on any atom is 0.470 e. The van der Waals surface area contributed by atoms with Crippen molar-refractivity contribution in [1.29, 1.82) is 0 Å². The zero-order valence-corrected chi connectivity index (χ0v) is 14.2. The van der Waals surface area contributed by atoms with Crippen molar-refractivity contribution in [2.45, 2.75) is 11.1 Å². The quantitative estimate of drug-likeness (QED) is 0.527. The lowest BCUT2D eigenvalue weighted by Gasteiger charge is -2.07. The average Bonchev–Trinajstić information content (AvgIpc) is 3.27. The van der Waals surface area contributed by atoms with Crippen molar-refractivity contribution in [3.8, 4) is 11.5 Å². The van der Waals surface area contributed by atoms with Crippen LogP contribution in [0.5, 0.6) is 0 Å². The summed E-state index contributed by atoms with van der Waals surface area (Å²) in [5.74, 6) is -1.92. The molecule has 0 radical (unpaired) electrons. The van der Waals surface area contributed by atoms with E-state index < -0.39 is 28.0 Å². The minimum absolute atomic E-state index is 0.0406. The van der Waals surface area contributed by atoms with E-state index >= 15 is 0 Å². The summed E-state index contributed by atoms with van der Waals surface area (Å²) in [5.41, 5.74) is 0.371. The third-order valence-electron chi connectivity index (χ3n) is 3.88. The third kappa shape index (κ3) is 2.87. The van der Waals surface area contributed by atoms with Gasteiger partial charge in [-0.15, -0.1) is 10.2 Å². The second kappa shape index (κ2) is 5.95. The van der Waals surface area contributed by atoms with Crippen molar-refractivity contribution >= 4 is 20.9 Å². The van der Waals surface area contributed by atoms with E-state index in [0.717, 1.165) is 3.97 Å². The molecule has 27 heavy (non-hydrogen) atoms. The number of nitrogens with zero attached hydrogens (tertiary/aromatic N) is 3. The van der Waals surface area contributed by atoms with Crippen LogP contribution in [0, 0.1) is 0 Å². The predicted octanol–water partition coefficient (Wildman–Crippen LogP) is 3.95. The number of fused-ring (bicyclic) bond motifs is 1. The summed E-state index contributed by atoms with van der Waals surface area (Å²) < 4.78 is 69.9.